The van der Waals surface area contributed by atoms with Gasteiger partial charge in [0.15, 0.2) is 0 Å². The quantitative estimate of drug-likeness (QED) is 0.394. The summed E-state index contributed by atoms with van der Waals surface area (Å²) >= 11 is 0. The molecule has 0 aliphatic rings. The minimum absolute atomic E-state index is 0.0623. The second-order valence-corrected chi connectivity index (χ2v) is 5.00. The molecule has 23 heavy (non-hydrogen) atoms. The fourth-order valence-corrected chi connectivity index (χ4v) is 1.98. The van der Waals surface area contributed by atoms with E-state index in [4.69, 9.17) is 33.2 Å². The van der Waals surface area contributed by atoms with E-state index in [9.17, 15) is 0 Å². The first-order valence-corrected chi connectivity index (χ1v) is 8.10. The number of methoxy groups -OCH3 is 3. The Morgan fingerprint density at radius 1 is 0.565 bits per heavy atom. The van der Waals surface area contributed by atoms with Crippen molar-refractivity contribution in [1.29, 1.82) is 0 Å². The molecule has 0 heterocycles. The third-order valence-electron chi connectivity index (χ3n) is 3.06. The van der Waals surface area contributed by atoms with Crippen molar-refractivity contribution in [2.24, 2.45) is 0 Å². The summed E-state index contributed by atoms with van der Waals surface area (Å²) in [4.78, 5) is 0. The first kappa shape index (κ1) is 22.7. The standard InChI is InChI=1S/C16H34O7/c1-6-22-15(9-18-4)11-21-13-16(23-7-2)12-20-10-14(19-5)8-17-3/h14-16H,6-13H2,1-5H3. The minimum Gasteiger partial charge on any atom is -0.382 e. The van der Waals surface area contributed by atoms with Crippen LogP contribution >= 0.6 is 0 Å². The van der Waals surface area contributed by atoms with E-state index in [1.54, 1.807) is 21.3 Å². The summed E-state index contributed by atoms with van der Waals surface area (Å²) in [5.41, 5.74) is 0. The van der Waals surface area contributed by atoms with Crippen molar-refractivity contribution in [3.63, 3.8) is 0 Å². The number of hydrogen-bond acceptors (Lipinski definition) is 7. The maximum Gasteiger partial charge on any atom is 0.104 e. The lowest BCUT2D eigenvalue weighted by Crippen LogP contribution is -2.32. The van der Waals surface area contributed by atoms with Crippen LogP contribution < -0.4 is 0 Å². The van der Waals surface area contributed by atoms with Crippen LogP contribution in [0.3, 0.4) is 0 Å². The van der Waals surface area contributed by atoms with Gasteiger partial charge in [-0.1, -0.05) is 0 Å². The highest BCUT2D eigenvalue weighted by atomic mass is 16.6. The van der Waals surface area contributed by atoms with Gasteiger partial charge in [0.1, 0.15) is 18.3 Å². The van der Waals surface area contributed by atoms with Gasteiger partial charge in [0.05, 0.1) is 39.6 Å². The second kappa shape index (κ2) is 16.6. The maximum absolute atomic E-state index is 5.68. The van der Waals surface area contributed by atoms with Crippen molar-refractivity contribution < 1.29 is 33.2 Å². The van der Waals surface area contributed by atoms with Crippen LogP contribution in [-0.4, -0.2) is 92.5 Å². The van der Waals surface area contributed by atoms with Crippen LogP contribution in [0.5, 0.6) is 0 Å². The predicted octanol–water partition coefficient (Wildman–Crippen LogP) is 1.14. The molecule has 0 saturated carbocycles. The van der Waals surface area contributed by atoms with Gasteiger partial charge in [0.25, 0.3) is 0 Å². The second-order valence-electron chi connectivity index (χ2n) is 5.00. The summed E-state index contributed by atoms with van der Waals surface area (Å²) in [6, 6.07) is 0. The Bertz CT molecular complexity index is 234. The molecule has 0 radical (unpaired) electrons. The zero-order valence-electron chi connectivity index (χ0n) is 15.2. The molecule has 0 aromatic rings. The zero-order chi connectivity index (χ0) is 17.3. The molecular weight excluding hydrogens is 304 g/mol. The molecule has 7 nitrogen and oxygen atoms in total. The molecule has 0 aromatic carbocycles. The van der Waals surface area contributed by atoms with Gasteiger partial charge in [-0.25, -0.2) is 0 Å². The third-order valence-corrected chi connectivity index (χ3v) is 3.06. The highest BCUT2D eigenvalue weighted by Crippen LogP contribution is 2.01. The van der Waals surface area contributed by atoms with Crippen LogP contribution in [0, 0.1) is 0 Å². The van der Waals surface area contributed by atoms with Crippen LogP contribution in [-0.2, 0) is 33.2 Å². The van der Waals surface area contributed by atoms with E-state index in [1.165, 1.54) is 0 Å². The largest absolute Gasteiger partial charge is 0.382 e. The molecule has 0 aliphatic carbocycles. The molecule has 0 spiro atoms. The molecule has 0 N–H and O–H groups in total. The molecule has 140 valence electrons. The van der Waals surface area contributed by atoms with Crippen molar-refractivity contribution in [1.82, 2.24) is 0 Å². The Labute approximate surface area is 140 Å². The minimum atomic E-state index is -0.120. The van der Waals surface area contributed by atoms with Gasteiger partial charge in [0.2, 0.25) is 0 Å². The van der Waals surface area contributed by atoms with E-state index in [-0.39, 0.29) is 18.3 Å². The lowest BCUT2D eigenvalue weighted by atomic mass is 10.3. The predicted molar refractivity (Wildman–Crippen MR) is 87.0 cm³/mol. The van der Waals surface area contributed by atoms with Crippen LogP contribution in [0.25, 0.3) is 0 Å². The van der Waals surface area contributed by atoms with Crippen molar-refractivity contribution in [2.45, 2.75) is 32.2 Å². The first-order valence-electron chi connectivity index (χ1n) is 8.10. The molecule has 3 unspecified atom stereocenters. The Balaban J connectivity index is 4.00. The van der Waals surface area contributed by atoms with Crippen molar-refractivity contribution in [3.8, 4) is 0 Å². The van der Waals surface area contributed by atoms with Crippen LogP contribution in [0.15, 0.2) is 0 Å². The monoisotopic (exact) mass is 338 g/mol. The molecule has 0 aromatic heterocycles. The van der Waals surface area contributed by atoms with Crippen molar-refractivity contribution in [3.05, 3.63) is 0 Å². The van der Waals surface area contributed by atoms with Gasteiger partial charge in [0, 0.05) is 34.5 Å². The Morgan fingerprint density at radius 2 is 0.957 bits per heavy atom. The van der Waals surface area contributed by atoms with Crippen LogP contribution in [0.2, 0.25) is 0 Å². The first-order chi connectivity index (χ1) is 11.2. The van der Waals surface area contributed by atoms with Gasteiger partial charge in [-0.15, -0.1) is 0 Å². The average molecular weight is 338 g/mol. The van der Waals surface area contributed by atoms with Gasteiger partial charge < -0.3 is 33.2 Å². The van der Waals surface area contributed by atoms with Gasteiger partial charge in [-0.05, 0) is 13.8 Å². The maximum atomic E-state index is 5.68. The molecule has 0 fully saturated rings. The average Bonchev–Trinajstić information content (AvgIpc) is 2.54. The molecule has 0 aliphatic heterocycles. The number of ether oxygens (including phenoxy) is 7. The normalized spacial score (nSPS) is 15.5. The van der Waals surface area contributed by atoms with E-state index in [2.05, 4.69) is 0 Å². The number of hydrogen-bond donors (Lipinski definition) is 0. The van der Waals surface area contributed by atoms with E-state index in [0.29, 0.717) is 52.9 Å². The summed E-state index contributed by atoms with van der Waals surface area (Å²) in [7, 11) is 4.92. The van der Waals surface area contributed by atoms with Crippen LogP contribution in [0.1, 0.15) is 13.8 Å². The lowest BCUT2D eigenvalue weighted by molar-refractivity contribution is -0.0992. The molecule has 0 amide bonds. The Morgan fingerprint density at radius 3 is 1.35 bits per heavy atom. The SMILES string of the molecule is CCOC(COC)COCC(COCC(COC)OC)OCC. The highest BCUT2D eigenvalue weighted by molar-refractivity contribution is 4.60. The topological polar surface area (TPSA) is 64.6 Å². The molecule has 0 bridgehead atoms. The van der Waals surface area contributed by atoms with Crippen molar-refractivity contribution in [2.75, 3.05) is 74.2 Å². The number of rotatable bonds is 17. The zero-order valence-corrected chi connectivity index (χ0v) is 15.2. The summed E-state index contributed by atoms with van der Waals surface area (Å²) in [6.45, 7) is 7.97. The third kappa shape index (κ3) is 12.8. The Kier molecular flexibility index (Phi) is 16.4. The van der Waals surface area contributed by atoms with E-state index in [0.717, 1.165) is 0 Å². The fraction of sp³-hybridized carbons (Fsp3) is 1.00. The van der Waals surface area contributed by atoms with Gasteiger partial charge in [-0.3, -0.25) is 0 Å². The summed E-state index contributed by atoms with van der Waals surface area (Å²) in [5.74, 6) is 0. The highest BCUT2D eigenvalue weighted by Gasteiger charge is 2.14. The summed E-state index contributed by atoms with van der Waals surface area (Å²) in [6.07, 6.45) is -0.259. The molecule has 3 atom stereocenters. The smallest absolute Gasteiger partial charge is 0.104 e. The molecule has 0 saturated heterocycles. The molecule has 0 rings (SSSR count). The Hall–Kier alpha value is -0.280. The fourth-order valence-electron chi connectivity index (χ4n) is 1.98. The summed E-state index contributed by atoms with van der Waals surface area (Å²) < 4.78 is 37.9. The lowest BCUT2D eigenvalue weighted by Gasteiger charge is -2.21. The molecule has 7 heteroatoms. The van der Waals surface area contributed by atoms with E-state index in [1.807, 2.05) is 13.8 Å². The van der Waals surface area contributed by atoms with Crippen molar-refractivity contribution >= 4 is 0 Å². The summed E-state index contributed by atoms with van der Waals surface area (Å²) in [5, 5.41) is 0. The van der Waals surface area contributed by atoms with Gasteiger partial charge in [-0.2, -0.15) is 0 Å². The van der Waals surface area contributed by atoms with Crippen LogP contribution in [0.4, 0.5) is 0 Å². The van der Waals surface area contributed by atoms with Gasteiger partial charge >= 0.3 is 0 Å². The van der Waals surface area contributed by atoms with E-state index < -0.39 is 0 Å². The van der Waals surface area contributed by atoms with E-state index >= 15 is 0 Å². The molecular formula is C16H34O7.